The monoisotopic (exact) mass is 407 g/mol. The second kappa shape index (κ2) is 8.79. The van der Waals surface area contributed by atoms with Crippen LogP contribution in [0.2, 0.25) is 5.02 Å². The lowest BCUT2D eigenvalue weighted by atomic mass is 10.1. The number of anilines is 1. The fraction of sp³-hybridized carbons (Fsp3) is 0.263. The number of aryl methyl sites for hydroxylation is 1. The van der Waals surface area contributed by atoms with Gasteiger partial charge in [0.2, 0.25) is 5.91 Å². The fourth-order valence-corrected chi connectivity index (χ4v) is 2.75. The van der Waals surface area contributed by atoms with Gasteiger partial charge in [0.1, 0.15) is 12.4 Å². The Morgan fingerprint density at radius 2 is 1.93 bits per heavy atom. The number of hydrogen-bond donors (Lipinski definition) is 1. The van der Waals surface area contributed by atoms with Gasteiger partial charge in [-0.05, 0) is 44.5 Å². The highest BCUT2D eigenvalue weighted by Gasteiger charge is 2.23. The highest BCUT2D eigenvalue weighted by molar-refractivity contribution is 6.31. The van der Waals surface area contributed by atoms with E-state index in [1.807, 2.05) is 0 Å². The minimum atomic E-state index is -0.854. The number of nitrogens with one attached hydrogen (secondary N) is 1. The SMILES string of the molecule is CCN(CC(=O)Nc1cc(Cl)ccc1C)C(=O)c1cc(F)c(C)c([N+](=O)[O-])c1. The Kier molecular flexibility index (Phi) is 6.69. The average Bonchev–Trinajstić information content (AvgIpc) is 2.64. The summed E-state index contributed by atoms with van der Waals surface area (Å²) in [6.45, 7) is 4.56. The Bertz CT molecular complexity index is 949. The van der Waals surface area contributed by atoms with E-state index in [9.17, 15) is 24.1 Å². The molecule has 0 bridgehead atoms. The zero-order chi connectivity index (χ0) is 21.0. The van der Waals surface area contributed by atoms with Gasteiger partial charge in [-0.3, -0.25) is 19.7 Å². The number of hydrogen-bond acceptors (Lipinski definition) is 4. The van der Waals surface area contributed by atoms with E-state index in [1.54, 1.807) is 32.0 Å². The third-order valence-corrected chi connectivity index (χ3v) is 4.47. The third-order valence-electron chi connectivity index (χ3n) is 4.24. The molecule has 0 aromatic heterocycles. The van der Waals surface area contributed by atoms with Crippen LogP contribution >= 0.6 is 11.6 Å². The van der Waals surface area contributed by atoms with E-state index in [0.717, 1.165) is 17.7 Å². The van der Waals surface area contributed by atoms with Gasteiger partial charge in [0.25, 0.3) is 11.6 Å². The fourth-order valence-electron chi connectivity index (χ4n) is 2.58. The van der Waals surface area contributed by atoms with Gasteiger partial charge in [0.15, 0.2) is 0 Å². The Morgan fingerprint density at radius 3 is 2.54 bits per heavy atom. The number of halogens is 2. The van der Waals surface area contributed by atoms with E-state index in [2.05, 4.69) is 5.32 Å². The van der Waals surface area contributed by atoms with Crippen molar-refractivity contribution in [2.24, 2.45) is 0 Å². The number of nitro benzene ring substituents is 1. The number of rotatable bonds is 6. The van der Waals surface area contributed by atoms with E-state index in [-0.39, 0.29) is 24.2 Å². The quantitative estimate of drug-likeness (QED) is 0.576. The molecule has 0 saturated heterocycles. The summed E-state index contributed by atoms with van der Waals surface area (Å²) >= 11 is 5.93. The number of amides is 2. The Labute approximate surface area is 166 Å². The highest BCUT2D eigenvalue weighted by Crippen LogP contribution is 2.24. The molecule has 2 aromatic carbocycles. The zero-order valence-electron chi connectivity index (χ0n) is 15.6. The molecule has 0 aliphatic rings. The second-order valence-corrected chi connectivity index (χ2v) is 6.62. The number of nitrogens with zero attached hydrogens (tertiary/aromatic N) is 2. The minimum Gasteiger partial charge on any atom is -0.330 e. The number of carbonyl (C=O) groups is 2. The summed E-state index contributed by atoms with van der Waals surface area (Å²) in [7, 11) is 0. The molecule has 1 N–H and O–H groups in total. The smallest absolute Gasteiger partial charge is 0.276 e. The van der Waals surface area contributed by atoms with Crippen molar-refractivity contribution in [2.75, 3.05) is 18.4 Å². The van der Waals surface area contributed by atoms with Gasteiger partial charge in [-0.15, -0.1) is 0 Å². The molecule has 0 fully saturated rings. The maximum atomic E-state index is 14.0. The summed E-state index contributed by atoms with van der Waals surface area (Å²) in [6, 6.07) is 6.97. The summed E-state index contributed by atoms with van der Waals surface area (Å²) in [6.07, 6.45) is 0. The second-order valence-electron chi connectivity index (χ2n) is 6.19. The van der Waals surface area contributed by atoms with Crippen LogP contribution in [0.3, 0.4) is 0 Å². The molecule has 2 rings (SSSR count). The summed E-state index contributed by atoms with van der Waals surface area (Å²) < 4.78 is 14.0. The van der Waals surface area contributed by atoms with Crippen molar-refractivity contribution in [1.82, 2.24) is 4.90 Å². The molecule has 0 unspecified atom stereocenters. The molecule has 0 radical (unpaired) electrons. The van der Waals surface area contributed by atoms with Crippen molar-refractivity contribution in [1.29, 1.82) is 0 Å². The lowest BCUT2D eigenvalue weighted by Gasteiger charge is -2.21. The van der Waals surface area contributed by atoms with Crippen LogP contribution in [0.5, 0.6) is 0 Å². The normalized spacial score (nSPS) is 10.5. The standard InChI is InChI=1S/C19H19ClFN3O4/c1-4-23(10-18(25)22-16-9-14(20)6-5-11(16)2)19(26)13-7-15(21)12(3)17(8-13)24(27)28/h5-9H,4,10H2,1-3H3,(H,22,25). The van der Waals surface area contributed by atoms with Crippen molar-refractivity contribution in [3.8, 4) is 0 Å². The Balaban J connectivity index is 2.21. The Morgan fingerprint density at radius 1 is 1.25 bits per heavy atom. The summed E-state index contributed by atoms with van der Waals surface area (Å²) in [5.74, 6) is -2.00. The first-order chi connectivity index (χ1) is 13.1. The van der Waals surface area contributed by atoms with Crippen LogP contribution in [-0.2, 0) is 4.79 Å². The van der Waals surface area contributed by atoms with Crippen molar-refractivity contribution in [2.45, 2.75) is 20.8 Å². The van der Waals surface area contributed by atoms with E-state index < -0.39 is 28.2 Å². The number of carbonyl (C=O) groups excluding carboxylic acids is 2. The molecule has 28 heavy (non-hydrogen) atoms. The molecule has 0 saturated carbocycles. The predicted octanol–water partition coefficient (Wildman–Crippen LogP) is 4.10. The molecule has 0 atom stereocenters. The van der Waals surface area contributed by atoms with Crippen LogP contribution in [0.15, 0.2) is 30.3 Å². The molecular weight excluding hydrogens is 389 g/mol. The van der Waals surface area contributed by atoms with Crippen molar-refractivity contribution in [3.63, 3.8) is 0 Å². The molecule has 148 valence electrons. The summed E-state index contributed by atoms with van der Waals surface area (Å²) in [5, 5.41) is 14.2. The van der Waals surface area contributed by atoms with Gasteiger partial charge in [0.05, 0.1) is 10.5 Å². The zero-order valence-corrected chi connectivity index (χ0v) is 16.3. The van der Waals surface area contributed by atoms with Crippen LogP contribution in [0.4, 0.5) is 15.8 Å². The molecule has 0 heterocycles. The first-order valence-corrected chi connectivity index (χ1v) is 8.81. The van der Waals surface area contributed by atoms with Gasteiger partial charge in [-0.1, -0.05) is 17.7 Å². The van der Waals surface area contributed by atoms with Crippen molar-refractivity contribution >= 4 is 34.8 Å². The first kappa shape index (κ1) is 21.3. The van der Waals surface area contributed by atoms with Crippen LogP contribution < -0.4 is 5.32 Å². The molecule has 2 amide bonds. The van der Waals surface area contributed by atoms with Gasteiger partial charge >= 0.3 is 0 Å². The number of likely N-dealkylation sites (N-methyl/N-ethyl adjacent to an activating group) is 1. The van der Waals surface area contributed by atoms with Gasteiger partial charge in [-0.25, -0.2) is 4.39 Å². The molecule has 9 heteroatoms. The van der Waals surface area contributed by atoms with Crippen LogP contribution in [0.1, 0.15) is 28.4 Å². The third kappa shape index (κ3) is 4.83. The van der Waals surface area contributed by atoms with Crippen LogP contribution in [0, 0.1) is 29.8 Å². The molecule has 0 aliphatic carbocycles. The maximum absolute atomic E-state index is 14.0. The minimum absolute atomic E-state index is 0.154. The largest absolute Gasteiger partial charge is 0.330 e. The van der Waals surface area contributed by atoms with Crippen LogP contribution in [-0.4, -0.2) is 34.7 Å². The maximum Gasteiger partial charge on any atom is 0.276 e. The molecule has 7 nitrogen and oxygen atoms in total. The Hall–Kier alpha value is -3.00. The van der Waals surface area contributed by atoms with Gasteiger partial charge in [0, 0.05) is 28.9 Å². The summed E-state index contributed by atoms with van der Waals surface area (Å²) in [5.41, 5.74) is 0.474. The van der Waals surface area contributed by atoms with Crippen molar-refractivity contribution in [3.05, 3.63) is 68.0 Å². The lowest BCUT2D eigenvalue weighted by Crippen LogP contribution is -2.38. The van der Waals surface area contributed by atoms with Crippen molar-refractivity contribution < 1.29 is 18.9 Å². The number of nitro groups is 1. The highest BCUT2D eigenvalue weighted by atomic mass is 35.5. The molecule has 0 aliphatic heterocycles. The topological polar surface area (TPSA) is 92.6 Å². The average molecular weight is 408 g/mol. The van der Waals surface area contributed by atoms with E-state index >= 15 is 0 Å². The van der Waals surface area contributed by atoms with E-state index in [1.165, 1.54) is 11.8 Å². The van der Waals surface area contributed by atoms with Crippen LogP contribution in [0.25, 0.3) is 0 Å². The molecule has 0 spiro atoms. The van der Waals surface area contributed by atoms with Gasteiger partial charge < -0.3 is 10.2 Å². The number of benzene rings is 2. The molecular formula is C19H19ClFN3O4. The lowest BCUT2D eigenvalue weighted by molar-refractivity contribution is -0.385. The molecule has 2 aromatic rings. The predicted molar refractivity (Wildman–Crippen MR) is 104 cm³/mol. The summed E-state index contributed by atoms with van der Waals surface area (Å²) in [4.78, 5) is 36.5. The van der Waals surface area contributed by atoms with Gasteiger partial charge in [-0.2, -0.15) is 0 Å². The first-order valence-electron chi connectivity index (χ1n) is 8.43. The van der Waals surface area contributed by atoms with E-state index in [0.29, 0.717) is 10.7 Å². The van der Waals surface area contributed by atoms with E-state index in [4.69, 9.17) is 11.6 Å².